The number of hydrogen-bond donors (Lipinski definition) is 0. The van der Waals surface area contributed by atoms with Crippen LogP contribution in [-0.4, -0.2) is 11.9 Å². The number of furan rings is 2. The van der Waals surface area contributed by atoms with Gasteiger partial charge in [0.05, 0.1) is 6.26 Å². The Morgan fingerprint density at radius 1 is 1.07 bits per heavy atom. The molecule has 0 atom stereocenters. The Morgan fingerprint density at radius 3 is 2.67 bits per heavy atom. The van der Waals surface area contributed by atoms with Crippen molar-refractivity contribution in [3.63, 3.8) is 0 Å². The summed E-state index contributed by atoms with van der Waals surface area (Å²) in [4.78, 5) is 22.4. The van der Waals surface area contributed by atoms with Crippen molar-refractivity contribution >= 4 is 11.9 Å². The Hall–Kier alpha value is -2.30. The molecule has 0 saturated heterocycles. The van der Waals surface area contributed by atoms with Crippen molar-refractivity contribution in [2.45, 2.75) is 0 Å². The predicted octanol–water partition coefficient (Wildman–Crippen LogP) is 1.85. The number of carbonyl (C=O) groups is 2. The lowest BCUT2D eigenvalue weighted by atomic mass is 10.1. The van der Waals surface area contributed by atoms with E-state index in [9.17, 15) is 9.59 Å². The fourth-order valence-corrected chi connectivity index (χ4v) is 1.49. The van der Waals surface area contributed by atoms with E-state index in [2.05, 4.69) is 4.74 Å². The van der Waals surface area contributed by atoms with E-state index >= 15 is 0 Å². The number of ether oxygens (including phenoxy) is 1. The summed E-state index contributed by atoms with van der Waals surface area (Å²) in [5, 5.41) is 0. The van der Waals surface area contributed by atoms with Gasteiger partial charge in [-0.25, -0.2) is 9.59 Å². The zero-order chi connectivity index (χ0) is 10.4. The maximum absolute atomic E-state index is 11.3. The van der Waals surface area contributed by atoms with Crippen molar-refractivity contribution < 1.29 is 23.2 Å². The maximum Gasteiger partial charge on any atom is 0.351 e. The van der Waals surface area contributed by atoms with Gasteiger partial charge >= 0.3 is 11.9 Å². The summed E-state index contributed by atoms with van der Waals surface area (Å²) in [7, 11) is 0. The van der Waals surface area contributed by atoms with Crippen LogP contribution in [0.3, 0.4) is 0 Å². The Morgan fingerprint density at radius 2 is 1.93 bits per heavy atom. The molecule has 0 N–H and O–H groups in total. The van der Waals surface area contributed by atoms with Crippen molar-refractivity contribution in [3.05, 3.63) is 35.8 Å². The molecule has 1 aliphatic heterocycles. The van der Waals surface area contributed by atoms with Crippen LogP contribution in [0, 0.1) is 0 Å². The molecule has 74 valence electrons. The van der Waals surface area contributed by atoms with E-state index in [1.807, 2.05) is 0 Å². The minimum Gasteiger partial charge on any atom is -0.461 e. The SMILES string of the molecule is O=C1OC(=O)c2c1coc2-c1ccco1. The van der Waals surface area contributed by atoms with Gasteiger partial charge < -0.3 is 13.6 Å². The summed E-state index contributed by atoms with van der Waals surface area (Å²) < 4.78 is 14.6. The smallest absolute Gasteiger partial charge is 0.351 e. The largest absolute Gasteiger partial charge is 0.461 e. The fraction of sp³-hybridized carbons (Fsp3) is 0. The van der Waals surface area contributed by atoms with Crippen LogP contribution in [0.4, 0.5) is 0 Å². The summed E-state index contributed by atoms with van der Waals surface area (Å²) in [5.74, 6) is -0.763. The normalized spacial score (nSPS) is 14.1. The zero-order valence-corrected chi connectivity index (χ0v) is 7.35. The van der Waals surface area contributed by atoms with E-state index in [0.29, 0.717) is 5.76 Å². The van der Waals surface area contributed by atoms with Crippen LogP contribution in [0.15, 0.2) is 33.5 Å². The second kappa shape index (κ2) is 2.60. The van der Waals surface area contributed by atoms with Gasteiger partial charge in [-0.15, -0.1) is 0 Å². The molecular weight excluding hydrogens is 200 g/mol. The lowest BCUT2D eigenvalue weighted by Crippen LogP contribution is -1.98. The van der Waals surface area contributed by atoms with E-state index in [1.54, 1.807) is 12.1 Å². The molecular formula is C10H4O5. The highest BCUT2D eigenvalue weighted by atomic mass is 16.6. The van der Waals surface area contributed by atoms with Crippen molar-refractivity contribution in [2.24, 2.45) is 0 Å². The maximum atomic E-state index is 11.3. The third-order valence-electron chi connectivity index (χ3n) is 2.15. The van der Waals surface area contributed by atoms with Crippen LogP contribution in [0.25, 0.3) is 11.5 Å². The third kappa shape index (κ3) is 0.969. The van der Waals surface area contributed by atoms with Gasteiger partial charge in [-0.3, -0.25) is 0 Å². The molecule has 0 aromatic carbocycles. The van der Waals surface area contributed by atoms with Crippen molar-refractivity contribution in [2.75, 3.05) is 0 Å². The molecule has 5 heteroatoms. The molecule has 5 nitrogen and oxygen atoms in total. The molecule has 1 aliphatic rings. The molecule has 3 rings (SSSR count). The van der Waals surface area contributed by atoms with Crippen LogP contribution < -0.4 is 0 Å². The summed E-state index contributed by atoms with van der Waals surface area (Å²) in [6, 6.07) is 3.29. The van der Waals surface area contributed by atoms with Crippen LogP contribution in [0.1, 0.15) is 20.7 Å². The topological polar surface area (TPSA) is 69.7 Å². The number of carbonyl (C=O) groups excluding carboxylic acids is 2. The molecule has 0 bridgehead atoms. The van der Waals surface area contributed by atoms with Crippen LogP contribution in [0.2, 0.25) is 0 Å². The molecule has 3 heterocycles. The average Bonchev–Trinajstić information content (AvgIpc) is 2.88. The minimum absolute atomic E-state index is 0.134. The first-order valence-corrected chi connectivity index (χ1v) is 4.19. The van der Waals surface area contributed by atoms with Gasteiger partial charge in [0.15, 0.2) is 11.5 Å². The lowest BCUT2D eigenvalue weighted by molar-refractivity contribution is 0.0440. The van der Waals surface area contributed by atoms with Crippen LogP contribution in [0.5, 0.6) is 0 Å². The third-order valence-corrected chi connectivity index (χ3v) is 2.15. The second-order valence-corrected chi connectivity index (χ2v) is 3.01. The number of cyclic esters (lactones) is 2. The second-order valence-electron chi connectivity index (χ2n) is 3.01. The molecule has 0 unspecified atom stereocenters. The highest BCUT2D eigenvalue weighted by Crippen LogP contribution is 2.33. The van der Waals surface area contributed by atoms with Gasteiger partial charge in [-0.2, -0.15) is 0 Å². The van der Waals surface area contributed by atoms with E-state index in [-0.39, 0.29) is 16.9 Å². The fourth-order valence-electron chi connectivity index (χ4n) is 1.49. The van der Waals surface area contributed by atoms with Gasteiger partial charge in [0.2, 0.25) is 0 Å². The molecule has 0 radical (unpaired) electrons. The first-order chi connectivity index (χ1) is 7.27. The van der Waals surface area contributed by atoms with Crippen molar-refractivity contribution in [1.29, 1.82) is 0 Å². The summed E-state index contributed by atoms with van der Waals surface area (Å²) in [5.41, 5.74) is 0.279. The molecule has 0 amide bonds. The molecule has 2 aromatic rings. The molecule has 0 aliphatic carbocycles. The standard InChI is InChI=1S/C10H4O5/c11-9-5-4-14-8(6-2-1-3-13-6)7(5)10(12)15-9/h1-4H. The number of esters is 2. The minimum atomic E-state index is -0.699. The summed E-state index contributed by atoms with van der Waals surface area (Å²) in [6.45, 7) is 0. The average molecular weight is 204 g/mol. The quantitative estimate of drug-likeness (QED) is 0.523. The lowest BCUT2D eigenvalue weighted by Gasteiger charge is -1.92. The van der Waals surface area contributed by atoms with Crippen molar-refractivity contribution in [1.82, 2.24) is 0 Å². The van der Waals surface area contributed by atoms with E-state index in [4.69, 9.17) is 8.83 Å². The Bertz CT molecular complexity index is 546. The number of fused-ring (bicyclic) bond motifs is 1. The number of hydrogen-bond acceptors (Lipinski definition) is 5. The van der Waals surface area contributed by atoms with Gasteiger partial charge in [-0.1, -0.05) is 0 Å². The molecule has 15 heavy (non-hydrogen) atoms. The van der Waals surface area contributed by atoms with E-state index in [0.717, 1.165) is 0 Å². The monoisotopic (exact) mass is 204 g/mol. The molecule has 2 aromatic heterocycles. The van der Waals surface area contributed by atoms with Crippen LogP contribution in [-0.2, 0) is 4.74 Å². The summed E-state index contributed by atoms with van der Waals surface area (Å²) in [6.07, 6.45) is 2.65. The Balaban J connectivity index is 2.25. The van der Waals surface area contributed by atoms with Gasteiger partial charge in [-0.05, 0) is 12.1 Å². The highest BCUT2D eigenvalue weighted by Gasteiger charge is 2.36. The molecule has 0 fully saturated rings. The molecule has 0 saturated carbocycles. The van der Waals surface area contributed by atoms with Crippen molar-refractivity contribution in [3.8, 4) is 11.5 Å². The Kier molecular flexibility index (Phi) is 1.39. The van der Waals surface area contributed by atoms with Gasteiger partial charge in [0.1, 0.15) is 17.4 Å². The first kappa shape index (κ1) is 8.05. The zero-order valence-electron chi connectivity index (χ0n) is 7.35. The van der Waals surface area contributed by atoms with E-state index < -0.39 is 11.9 Å². The Labute approximate surface area is 83.2 Å². The van der Waals surface area contributed by atoms with E-state index in [1.165, 1.54) is 12.5 Å². The molecule has 0 spiro atoms. The van der Waals surface area contributed by atoms with Gasteiger partial charge in [0, 0.05) is 0 Å². The number of rotatable bonds is 1. The highest BCUT2D eigenvalue weighted by molar-refractivity contribution is 6.17. The predicted molar refractivity (Wildman–Crippen MR) is 46.2 cm³/mol. The van der Waals surface area contributed by atoms with Crippen LogP contribution >= 0.6 is 0 Å². The van der Waals surface area contributed by atoms with Gasteiger partial charge in [0.25, 0.3) is 0 Å². The summed E-state index contributed by atoms with van der Waals surface area (Å²) >= 11 is 0. The first-order valence-electron chi connectivity index (χ1n) is 4.19.